The van der Waals surface area contributed by atoms with Gasteiger partial charge in [0.15, 0.2) is 0 Å². The summed E-state index contributed by atoms with van der Waals surface area (Å²) in [7, 11) is 0. The van der Waals surface area contributed by atoms with Crippen molar-refractivity contribution < 1.29 is 0 Å². The van der Waals surface area contributed by atoms with Crippen molar-refractivity contribution in [3.05, 3.63) is 95.9 Å². The average Bonchev–Trinajstić information content (AvgIpc) is 2.83. The summed E-state index contributed by atoms with van der Waals surface area (Å²) < 4.78 is 0. The van der Waals surface area contributed by atoms with Crippen molar-refractivity contribution >= 4 is 12.2 Å². The Hall–Kier alpha value is -3.70. The Morgan fingerprint density at radius 1 is 0.968 bits per heavy atom. The van der Waals surface area contributed by atoms with Crippen molar-refractivity contribution in [1.29, 1.82) is 0 Å². The molecule has 31 heavy (non-hydrogen) atoms. The number of pyridine rings is 1. The van der Waals surface area contributed by atoms with Crippen LogP contribution >= 0.6 is 0 Å². The highest BCUT2D eigenvalue weighted by molar-refractivity contribution is 5.81. The van der Waals surface area contributed by atoms with Crippen LogP contribution in [0.15, 0.2) is 84.2 Å². The number of nitrogens with one attached hydrogen (secondary N) is 1. The number of benzene rings is 2. The topological polar surface area (TPSA) is 63.1 Å². The second kappa shape index (κ2) is 8.58. The number of rotatable bonds is 4. The Balaban J connectivity index is 1.47. The molecular weight excluding hydrogens is 382 g/mol. The number of fused-ring (bicyclic) bond motifs is 1. The molecule has 0 amide bonds. The maximum atomic E-state index is 4.81. The maximum Gasteiger partial charge on any atom is 0.249 e. The van der Waals surface area contributed by atoms with Crippen LogP contribution < -0.4 is 5.32 Å². The van der Waals surface area contributed by atoms with E-state index in [1.165, 1.54) is 16.7 Å². The molecule has 0 aliphatic carbocycles. The monoisotopic (exact) mass is 405 g/mol. The van der Waals surface area contributed by atoms with Gasteiger partial charge in [-0.25, -0.2) is 15.0 Å². The molecule has 2 aromatic heterocycles. The molecule has 0 saturated carbocycles. The third-order valence-electron chi connectivity index (χ3n) is 5.54. The van der Waals surface area contributed by atoms with Gasteiger partial charge < -0.3 is 5.32 Å². The van der Waals surface area contributed by atoms with Gasteiger partial charge in [-0.05, 0) is 42.2 Å². The van der Waals surface area contributed by atoms with Gasteiger partial charge in [0, 0.05) is 48.5 Å². The summed E-state index contributed by atoms with van der Waals surface area (Å²) in [5.41, 5.74) is 7.85. The van der Waals surface area contributed by atoms with Gasteiger partial charge in [-0.3, -0.25) is 4.98 Å². The maximum absolute atomic E-state index is 4.81. The summed E-state index contributed by atoms with van der Waals surface area (Å²) in [6, 6.07) is 21.0. The van der Waals surface area contributed by atoms with E-state index >= 15 is 0 Å². The highest BCUT2D eigenvalue weighted by Crippen LogP contribution is 2.31. The number of nitrogens with zero attached hydrogens (tertiary/aromatic N) is 4. The average molecular weight is 406 g/mol. The summed E-state index contributed by atoms with van der Waals surface area (Å²) in [5, 5.41) is 3.52. The molecule has 1 aliphatic heterocycles. The van der Waals surface area contributed by atoms with E-state index in [4.69, 9.17) is 4.98 Å². The lowest BCUT2D eigenvalue weighted by molar-refractivity contribution is 0.584. The van der Waals surface area contributed by atoms with E-state index in [1.54, 1.807) is 12.4 Å². The first-order valence-corrected chi connectivity index (χ1v) is 10.4. The molecule has 1 N–H and O–H groups in total. The van der Waals surface area contributed by atoms with Crippen LogP contribution in [0.5, 0.6) is 0 Å². The molecular formula is C26H23N5. The van der Waals surface area contributed by atoms with Crippen LogP contribution in [0.2, 0.25) is 0 Å². The summed E-state index contributed by atoms with van der Waals surface area (Å²) in [5.74, 6) is 0.462. The van der Waals surface area contributed by atoms with Gasteiger partial charge in [0.1, 0.15) is 0 Å². The molecule has 0 saturated heterocycles. The van der Waals surface area contributed by atoms with E-state index in [2.05, 4.69) is 75.7 Å². The van der Waals surface area contributed by atoms with Crippen molar-refractivity contribution in [3.8, 4) is 22.4 Å². The van der Waals surface area contributed by atoms with Crippen LogP contribution in [-0.4, -0.2) is 27.2 Å². The summed E-state index contributed by atoms with van der Waals surface area (Å²) in [4.78, 5) is 18.1. The van der Waals surface area contributed by atoms with Gasteiger partial charge in [-0.2, -0.15) is 0 Å². The molecule has 0 bridgehead atoms. The molecule has 2 aromatic carbocycles. The van der Waals surface area contributed by atoms with Gasteiger partial charge in [0.25, 0.3) is 0 Å². The predicted octanol–water partition coefficient (Wildman–Crippen LogP) is 4.93. The van der Waals surface area contributed by atoms with Crippen molar-refractivity contribution in [3.63, 3.8) is 0 Å². The summed E-state index contributed by atoms with van der Waals surface area (Å²) >= 11 is 0. The fourth-order valence-electron chi connectivity index (χ4n) is 3.93. The number of aliphatic imine (C=N–C) groups is 1. The fourth-order valence-corrected chi connectivity index (χ4v) is 3.93. The standard InChI is InChI=1S/C26H23N5/c1-18-5-4-8-21(13-18)24-17-30-26(31-25(24)19-9-11-27-12-10-19)29-16-23-14-20-6-2-3-7-22(20)15-28-23/h2-13,16-17,23,28H,14-15H2,1H3/t23-/m0/s1. The molecule has 5 heteroatoms. The lowest BCUT2D eigenvalue weighted by atomic mass is 9.96. The van der Waals surface area contributed by atoms with Crippen molar-refractivity contribution in [1.82, 2.24) is 20.3 Å². The Labute approximate surface area is 182 Å². The minimum atomic E-state index is 0.166. The second-order valence-corrected chi connectivity index (χ2v) is 7.78. The highest BCUT2D eigenvalue weighted by Gasteiger charge is 2.16. The van der Waals surface area contributed by atoms with Gasteiger partial charge in [-0.1, -0.05) is 54.1 Å². The quantitative estimate of drug-likeness (QED) is 0.489. The minimum Gasteiger partial charge on any atom is -0.305 e. The molecule has 152 valence electrons. The zero-order chi connectivity index (χ0) is 21.0. The highest BCUT2D eigenvalue weighted by atomic mass is 15.1. The van der Waals surface area contributed by atoms with E-state index in [1.807, 2.05) is 24.5 Å². The molecule has 3 heterocycles. The van der Waals surface area contributed by atoms with Crippen molar-refractivity contribution in [2.75, 3.05) is 0 Å². The number of aryl methyl sites for hydroxylation is 1. The predicted molar refractivity (Wildman–Crippen MR) is 124 cm³/mol. The van der Waals surface area contributed by atoms with Gasteiger partial charge in [0.2, 0.25) is 5.95 Å². The lowest BCUT2D eigenvalue weighted by Crippen LogP contribution is -2.36. The largest absolute Gasteiger partial charge is 0.305 e. The zero-order valence-electron chi connectivity index (χ0n) is 17.4. The second-order valence-electron chi connectivity index (χ2n) is 7.78. The summed E-state index contributed by atoms with van der Waals surface area (Å²) in [6.07, 6.45) is 8.27. The SMILES string of the molecule is Cc1cccc(-c2cnc(N=C[C@@H]3Cc4ccccc4CN3)nc2-c2ccncc2)c1. The van der Waals surface area contributed by atoms with E-state index in [0.717, 1.165) is 35.3 Å². The number of hydrogen-bond donors (Lipinski definition) is 1. The molecule has 5 rings (SSSR count). The van der Waals surface area contributed by atoms with Crippen LogP contribution in [0.25, 0.3) is 22.4 Å². The smallest absolute Gasteiger partial charge is 0.249 e. The Morgan fingerprint density at radius 2 is 1.81 bits per heavy atom. The molecule has 0 fully saturated rings. The fraction of sp³-hybridized carbons (Fsp3) is 0.154. The minimum absolute atomic E-state index is 0.166. The van der Waals surface area contributed by atoms with Crippen molar-refractivity contribution in [2.24, 2.45) is 4.99 Å². The normalized spacial score (nSPS) is 15.7. The van der Waals surface area contributed by atoms with Gasteiger partial charge in [-0.15, -0.1) is 0 Å². The zero-order valence-corrected chi connectivity index (χ0v) is 17.4. The Bertz CT molecular complexity index is 1230. The van der Waals surface area contributed by atoms with Crippen LogP contribution in [0, 0.1) is 6.92 Å². The Morgan fingerprint density at radius 3 is 2.65 bits per heavy atom. The third-order valence-corrected chi connectivity index (χ3v) is 5.54. The molecule has 0 radical (unpaired) electrons. The van der Waals surface area contributed by atoms with Crippen LogP contribution in [0.1, 0.15) is 16.7 Å². The summed E-state index contributed by atoms with van der Waals surface area (Å²) in [6.45, 7) is 2.94. The van der Waals surface area contributed by atoms with E-state index in [0.29, 0.717) is 5.95 Å². The molecule has 5 nitrogen and oxygen atoms in total. The molecule has 1 atom stereocenters. The third kappa shape index (κ3) is 4.27. The first-order chi connectivity index (χ1) is 15.3. The number of hydrogen-bond acceptors (Lipinski definition) is 5. The van der Waals surface area contributed by atoms with Crippen LogP contribution in [0.4, 0.5) is 5.95 Å². The van der Waals surface area contributed by atoms with Gasteiger partial charge in [0.05, 0.1) is 5.69 Å². The van der Waals surface area contributed by atoms with E-state index in [-0.39, 0.29) is 6.04 Å². The molecule has 0 spiro atoms. The van der Waals surface area contributed by atoms with Crippen LogP contribution in [0.3, 0.4) is 0 Å². The first-order valence-electron chi connectivity index (χ1n) is 10.4. The Kier molecular flexibility index (Phi) is 5.33. The number of aromatic nitrogens is 3. The van der Waals surface area contributed by atoms with Gasteiger partial charge >= 0.3 is 0 Å². The van der Waals surface area contributed by atoms with Crippen LogP contribution in [-0.2, 0) is 13.0 Å². The molecule has 4 aromatic rings. The van der Waals surface area contributed by atoms with Crippen molar-refractivity contribution in [2.45, 2.75) is 25.9 Å². The molecule has 0 unspecified atom stereocenters. The van der Waals surface area contributed by atoms with E-state index < -0.39 is 0 Å². The first kappa shape index (κ1) is 19.3. The lowest BCUT2D eigenvalue weighted by Gasteiger charge is -2.23. The molecule has 1 aliphatic rings. The van der Waals surface area contributed by atoms with E-state index in [9.17, 15) is 0 Å².